The lowest BCUT2D eigenvalue weighted by Crippen LogP contribution is -2.35. The number of sulfonamides is 1. The highest BCUT2D eigenvalue weighted by molar-refractivity contribution is 9.10. The van der Waals surface area contributed by atoms with Gasteiger partial charge < -0.3 is 5.73 Å². The number of nitrogen functional groups attached to an aromatic ring is 1. The van der Waals surface area contributed by atoms with Gasteiger partial charge in [-0.3, -0.25) is 0 Å². The van der Waals surface area contributed by atoms with Gasteiger partial charge in [-0.1, -0.05) is 25.4 Å². The van der Waals surface area contributed by atoms with Gasteiger partial charge in [0.25, 0.3) is 0 Å². The zero-order valence-electron chi connectivity index (χ0n) is 11.8. The molecule has 21 heavy (non-hydrogen) atoms. The maximum atomic E-state index is 12.8. The zero-order chi connectivity index (χ0) is 16.2. The molecular formula is C13H17BrClN3O2S. The number of benzene rings is 1. The Labute approximate surface area is 138 Å². The fraction of sp³-hybridized carbons (Fsp3) is 0.462. The normalized spacial score (nSPS) is 11.9. The van der Waals surface area contributed by atoms with Gasteiger partial charge in [0.05, 0.1) is 15.4 Å². The van der Waals surface area contributed by atoms with Crippen molar-refractivity contribution in [1.82, 2.24) is 4.31 Å². The molecule has 0 saturated heterocycles. The molecule has 0 aromatic heterocycles. The molecule has 5 nitrogen and oxygen atoms in total. The maximum Gasteiger partial charge on any atom is 0.244 e. The lowest BCUT2D eigenvalue weighted by atomic mass is 10.2. The summed E-state index contributed by atoms with van der Waals surface area (Å²) >= 11 is 9.11. The minimum atomic E-state index is -3.77. The van der Waals surface area contributed by atoms with Gasteiger partial charge in [0.2, 0.25) is 10.0 Å². The maximum absolute atomic E-state index is 12.8. The summed E-state index contributed by atoms with van der Waals surface area (Å²) in [6, 6.07) is 4.80. The van der Waals surface area contributed by atoms with E-state index in [0.29, 0.717) is 6.54 Å². The summed E-state index contributed by atoms with van der Waals surface area (Å²) < 4.78 is 27.1. The second-order valence-electron chi connectivity index (χ2n) is 4.97. The number of hydrogen-bond acceptors (Lipinski definition) is 4. The largest absolute Gasteiger partial charge is 0.398 e. The topological polar surface area (TPSA) is 87.2 Å². The number of anilines is 1. The second-order valence-corrected chi connectivity index (χ2v) is 8.11. The molecule has 116 valence electrons. The predicted octanol–water partition coefficient (Wildman–Crippen LogP) is 3.25. The molecule has 0 amide bonds. The number of nitrogens with zero attached hydrogens (tertiary/aromatic N) is 2. The fourth-order valence-electron chi connectivity index (χ4n) is 1.80. The van der Waals surface area contributed by atoms with Crippen LogP contribution in [-0.2, 0) is 10.0 Å². The Bertz CT molecular complexity index is 656. The standard InChI is InChI=1S/C13H17BrClN3O2S/c1-9(2)8-18(5-3-4-16)21(19,20)12-7-10(15)6-11(17)13(12)14/h6-7,9H,3,5,8,17H2,1-2H3. The van der Waals surface area contributed by atoms with E-state index in [0.717, 1.165) is 0 Å². The van der Waals surface area contributed by atoms with Crippen LogP contribution in [0.3, 0.4) is 0 Å². The van der Waals surface area contributed by atoms with Gasteiger partial charge in [-0.15, -0.1) is 0 Å². The van der Waals surface area contributed by atoms with Crippen molar-refractivity contribution in [3.8, 4) is 6.07 Å². The molecule has 1 aromatic rings. The molecule has 0 heterocycles. The summed E-state index contributed by atoms with van der Waals surface area (Å²) in [5.74, 6) is 0.133. The van der Waals surface area contributed by atoms with Gasteiger partial charge in [0.1, 0.15) is 0 Å². The third kappa shape index (κ3) is 4.58. The highest BCUT2D eigenvalue weighted by atomic mass is 79.9. The van der Waals surface area contributed by atoms with Crippen molar-refractivity contribution in [3.05, 3.63) is 21.6 Å². The van der Waals surface area contributed by atoms with E-state index in [1.54, 1.807) is 0 Å². The number of nitriles is 1. The van der Waals surface area contributed by atoms with Gasteiger partial charge in [-0.05, 0) is 34.0 Å². The van der Waals surface area contributed by atoms with E-state index in [2.05, 4.69) is 15.9 Å². The Kier molecular flexibility index (Phi) is 6.47. The molecule has 8 heteroatoms. The Morgan fingerprint density at radius 1 is 1.48 bits per heavy atom. The first-order valence-electron chi connectivity index (χ1n) is 6.31. The van der Waals surface area contributed by atoms with Crippen molar-refractivity contribution in [2.75, 3.05) is 18.8 Å². The van der Waals surface area contributed by atoms with Gasteiger partial charge in [0, 0.05) is 30.2 Å². The first-order chi connectivity index (χ1) is 9.70. The van der Waals surface area contributed by atoms with Crippen LogP contribution in [0, 0.1) is 17.2 Å². The van der Waals surface area contributed by atoms with Crippen LogP contribution >= 0.6 is 27.5 Å². The lowest BCUT2D eigenvalue weighted by molar-refractivity contribution is 0.372. The second kappa shape index (κ2) is 7.45. The first kappa shape index (κ1) is 18.2. The summed E-state index contributed by atoms with van der Waals surface area (Å²) in [6.45, 7) is 4.28. The molecule has 1 aromatic carbocycles. The van der Waals surface area contributed by atoms with Crippen LogP contribution in [0.1, 0.15) is 20.3 Å². The highest BCUT2D eigenvalue weighted by Crippen LogP contribution is 2.33. The minimum Gasteiger partial charge on any atom is -0.398 e. The molecule has 0 radical (unpaired) electrons. The molecule has 0 aliphatic rings. The van der Waals surface area contributed by atoms with Crippen molar-refractivity contribution < 1.29 is 8.42 Å². The molecule has 0 fully saturated rings. The molecule has 1 rings (SSSR count). The van der Waals surface area contributed by atoms with E-state index in [9.17, 15) is 8.42 Å². The van der Waals surface area contributed by atoms with Crippen molar-refractivity contribution in [1.29, 1.82) is 5.26 Å². The molecular weight excluding hydrogens is 378 g/mol. The summed E-state index contributed by atoms with van der Waals surface area (Å²) in [5, 5.41) is 8.96. The summed E-state index contributed by atoms with van der Waals surface area (Å²) in [5.41, 5.74) is 6.01. The van der Waals surface area contributed by atoms with Crippen molar-refractivity contribution >= 4 is 43.2 Å². The summed E-state index contributed by atoms with van der Waals surface area (Å²) in [7, 11) is -3.77. The summed E-state index contributed by atoms with van der Waals surface area (Å²) in [4.78, 5) is 0.0195. The van der Waals surface area contributed by atoms with E-state index in [-0.39, 0.29) is 39.0 Å². The molecule has 0 spiro atoms. The van der Waals surface area contributed by atoms with Crippen molar-refractivity contribution in [3.63, 3.8) is 0 Å². The average Bonchev–Trinajstić information content (AvgIpc) is 2.38. The van der Waals surface area contributed by atoms with E-state index < -0.39 is 10.0 Å². The quantitative estimate of drug-likeness (QED) is 0.750. The smallest absolute Gasteiger partial charge is 0.244 e. The average molecular weight is 395 g/mol. The van der Waals surface area contributed by atoms with Gasteiger partial charge in [-0.2, -0.15) is 9.57 Å². The Morgan fingerprint density at radius 2 is 2.10 bits per heavy atom. The fourth-order valence-corrected chi connectivity index (χ4v) is 4.66. The zero-order valence-corrected chi connectivity index (χ0v) is 15.0. The Balaban J connectivity index is 3.32. The monoisotopic (exact) mass is 393 g/mol. The highest BCUT2D eigenvalue weighted by Gasteiger charge is 2.28. The Hall–Kier alpha value is -0.810. The van der Waals surface area contributed by atoms with E-state index in [1.807, 2.05) is 19.9 Å². The van der Waals surface area contributed by atoms with E-state index in [1.165, 1.54) is 16.4 Å². The van der Waals surface area contributed by atoms with Gasteiger partial charge in [-0.25, -0.2) is 8.42 Å². The van der Waals surface area contributed by atoms with Crippen LogP contribution in [0.2, 0.25) is 5.02 Å². The van der Waals surface area contributed by atoms with Crippen molar-refractivity contribution in [2.45, 2.75) is 25.2 Å². The molecule has 0 aliphatic carbocycles. The molecule has 0 saturated carbocycles. The van der Waals surface area contributed by atoms with Crippen LogP contribution in [0.4, 0.5) is 5.69 Å². The third-order valence-electron chi connectivity index (χ3n) is 2.69. The van der Waals surface area contributed by atoms with E-state index >= 15 is 0 Å². The number of nitrogens with two attached hydrogens (primary N) is 1. The number of rotatable bonds is 6. The number of halogens is 2. The first-order valence-corrected chi connectivity index (χ1v) is 8.92. The van der Waals surface area contributed by atoms with Gasteiger partial charge >= 0.3 is 0 Å². The third-order valence-corrected chi connectivity index (χ3v) is 5.95. The minimum absolute atomic E-state index is 0.0195. The van der Waals surface area contributed by atoms with Crippen LogP contribution < -0.4 is 5.73 Å². The van der Waals surface area contributed by atoms with Crippen LogP contribution in [0.15, 0.2) is 21.5 Å². The van der Waals surface area contributed by atoms with E-state index in [4.69, 9.17) is 22.6 Å². The lowest BCUT2D eigenvalue weighted by Gasteiger charge is -2.24. The van der Waals surface area contributed by atoms with Gasteiger partial charge in [0.15, 0.2) is 0 Å². The molecule has 0 aliphatic heterocycles. The molecule has 0 atom stereocenters. The SMILES string of the molecule is CC(C)CN(CCC#N)S(=O)(=O)c1cc(Cl)cc(N)c1Br. The number of hydrogen-bond donors (Lipinski definition) is 1. The molecule has 2 N–H and O–H groups in total. The van der Waals surface area contributed by atoms with Crippen LogP contribution in [-0.4, -0.2) is 25.8 Å². The Morgan fingerprint density at radius 3 is 2.62 bits per heavy atom. The summed E-state index contributed by atoms with van der Waals surface area (Å²) in [6.07, 6.45) is 0.125. The molecule has 0 unspecified atom stereocenters. The molecule has 0 bridgehead atoms. The predicted molar refractivity (Wildman–Crippen MR) is 87.4 cm³/mol. The van der Waals surface area contributed by atoms with Crippen LogP contribution in [0.25, 0.3) is 0 Å². The van der Waals surface area contributed by atoms with Crippen LogP contribution in [0.5, 0.6) is 0 Å². The van der Waals surface area contributed by atoms with Crippen molar-refractivity contribution in [2.24, 2.45) is 5.92 Å².